The smallest absolute Gasteiger partial charge is 0.242 e. The molecule has 0 heterocycles. The molecule has 0 atom stereocenters. The van der Waals surface area contributed by atoms with Gasteiger partial charge in [-0.2, -0.15) is 0 Å². The molecule has 0 bridgehead atoms. The highest BCUT2D eigenvalue weighted by Gasteiger charge is 2.20. The van der Waals surface area contributed by atoms with Crippen LogP contribution in [0.1, 0.15) is 25.3 Å². The van der Waals surface area contributed by atoms with E-state index in [0.717, 1.165) is 19.4 Å². The molecule has 6 nitrogen and oxygen atoms in total. The summed E-state index contributed by atoms with van der Waals surface area (Å²) in [5.41, 5.74) is 0.688. The Morgan fingerprint density at radius 2 is 1.92 bits per heavy atom. The second kappa shape index (κ2) is 8.30. The molecule has 1 aromatic carbocycles. The van der Waals surface area contributed by atoms with Gasteiger partial charge in [0.05, 0.1) is 11.4 Å². The zero-order valence-corrected chi connectivity index (χ0v) is 15.3. The van der Waals surface area contributed by atoms with E-state index < -0.39 is 10.0 Å². The van der Waals surface area contributed by atoms with Gasteiger partial charge in [-0.3, -0.25) is 0 Å². The number of nitrogens with one attached hydrogen (secondary N) is 2. The van der Waals surface area contributed by atoms with Crippen LogP contribution in [-0.2, 0) is 16.6 Å². The standard InChI is InChI=1S/C17H26N4O2S/c1-4-18-17(20-15-10-6-7-11-15)19-13-14-9-5-8-12-16(14)24(22,23)21(2)3/h5-9,12,15H,4,10-11,13H2,1-3H3,(H2,18,19,20). The van der Waals surface area contributed by atoms with Gasteiger partial charge in [-0.1, -0.05) is 30.4 Å². The first-order valence-corrected chi connectivity index (χ1v) is 9.59. The second-order valence-corrected chi connectivity index (χ2v) is 7.99. The normalized spacial score (nSPS) is 15.9. The number of sulfonamides is 1. The van der Waals surface area contributed by atoms with Crippen molar-refractivity contribution in [1.29, 1.82) is 0 Å². The van der Waals surface area contributed by atoms with Crippen LogP contribution >= 0.6 is 0 Å². The molecule has 24 heavy (non-hydrogen) atoms. The van der Waals surface area contributed by atoms with Crippen molar-refractivity contribution < 1.29 is 8.42 Å². The molecule has 1 aliphatic rings. The van der Waals surface area contributed by atoms with E-state index in [9.17, 15) is 8.42 Å². The fourth-order valence-electron chi connectivity index (χ4n) is 2.50. The molecular formula is C17H26N4O2S. The van der Waals surface area contributed by atoms with Crippen molar-refractivity contribution in [2.24, 2.45) is 4.99 Å². The molecule has 0 fully saturated rings. The molecule has 0 aromatic heterocycles. The minimum atomic E-state index is -3.48. The third kappa shape index (κ3) is 4.58. The summed E-state index contributed by atoms with van der Waals surface area (Å²) in [5, 5.41) is 6.60. The lowest BCUT2D eigenvalue weighted by atomic mass is 10.2. The molecule has 1 aliphatic carbocycles. The maximum absolute atomic E-state index is 12.4. The second-order valence-electron chi connectivity index (χ2n) is 5.87. The number of rotatable bonds is 6. The lowest BCUT2D eigenvalue weighted by Crippen LogP contribution is -2.42. The molecule has 0 radical (unpaired) electrons. The van der Waals surface area contributed by atoms with Crippen LogP contribution in [0.4, 0.5) is 0 Å². The summed E-state index contributed by atoms with van der Waals surface area (Å²) in [4.78, 5) is 4.87. The lowest BCUT2D eigenvalue weighted by Gasteiger charge is -2.17. The third-order valence-electron chi connectivity index (χ3n) is 3.83. The summed E-state index contributed by atoms with van der Waals surface area (Å²) in [7, 11) is -0.405. The van der Waals surface area contributed by atoms with Gasteiger partial charge in [0.1, 0.15) is 0 Å². The van der Waals surface area contributed by atoms with Gasteiger partial charge < -0.3 is 10.6 Å². The van der Waals surface area contributed by atoms with Crippen molar-refractivity contribution in [2.45, 2.75) is 37.2 Å². The fraction of sp³-hybridized carbons (Fsp3) is 0.471. The first-order chi connectivity index (χ1) is 11.4. The molecule has 0 spiro atoms. The molecule has 0 aliphatic heterocycles. The summed E-state index contributed by atoms with van der Waals surface area (Å²) in [6, 6.07) is 7.35. The fourth-order valence-corrected chi connectivity index (χ4v) is 3.60. The molecule has 2 rings (SSSR count). The van der Waals surface area contributed by atoms with Crippen LogP contribution in [0.25, 0.3) is 0 Å². The van der Waals surface area contributed by atoms with Crippen molar-refractivity contribution >= 4 is 16.0 Å². The van der Waals surface area contributed by atoms with Gasteiger partial charge in [-0.05, 0) is 31.4 Å². The lowest BCUT2D eigenvalue weighted by molar-refractivity contribution is 0.519. The average molecular weight is 350 g/mol. The molecular weight excluding hydrogens is 324 g/mol. The van der Waals surface area contributed by atoms with Gasteiger partial charge in [-0.25, -0.2) is 17.7 Å². The minimum Gasteiger partial charge on any atom is -0.357 e. The van der Waals surface area contributed by atoms with E-state index in [1.165, 1.54) is 18.4 Å². The van der Waals surface area contributed by atoms with Gasteiger partial charge in [0.15, 0.2) is 5.96 Å². The van der Waals surface area contributed by atoms with Gasteiger partial charge in [0.25, 0.3) is 0 Å². The Morgan fingerprint density at radius 1 is 1.25 bits per heavy atom. The molecule has 0 amide bonds. The summed E-state index contributed by atoms with van der Waals surface area (Å²) in [5.74, 6) is 0.711. The third-order valence-corrected chi connectivity index (χ3v) is 5.75. The number of hydrogen-bond donors (Lipinski definition) is 2. The van der Waals surface area contributed by atoms with Crippen LogP contribution in [-0.4, -0.2) is 45.4 Å². The zero-order valence-electron chi connectivity index (χ0n) is 14.5. The molecule has 1 aromatic rings. The number of nitrogens with zero attached hydrogens (tertiary/aromatic N) is 2. The monoisotopic (exact) mass is 350 g/mol. The zero-order chi connectivity index (χ0) is 17.6. The quantitative estimate of drug-likeness (QED) is 0.465. The first kappa shape index (κ1) is 18.5. The topological polar surface area (TPSA) is 73.8 Å². The summed E-state index contributed by atoms with van der Waals surface area (Å²) < 4.78 is 26.1. The van der Waals surface area contributed by atoms with E-state index in [1.807, 2.05) is 13.0 Å². The Labute approximate surface area is 144 Å². The van der Waals surface area contributed by atoms with Crippen molar-refractivity contribution in [2.75, 3.05) is 20.6 Å². The van der Waals surface area contributed by atoms with Gasteiger partial charge in [-0.15, -0.1) is 0 Å². The minimum absolute atomic E-state index is 0.303. The molecule has 0 saturated heterocycles. The van der Waals surface area contributed by atoms with E-state index in [2.05, 4.69) is 27.8 Å². The summed E-state index contributed by atoms with van der Waals surface area (Å²) in [6.45, 7) is 3.07. The first-order valence-electron chi connectivity index (χ1n) is 8.15. The Hall–Kier alpha value is -1.86. The van der Waals surface area contributed by atoms with Crippen LogP contribution in [0, 0.1) is 0 Å². The summed E-state index contributed by atoms with van der Waals surface area (Å²) in [6.07, 6.45) is 6.27. The van der Waals surface area contributed by atoms with Gasteiger partial charge >= 0.3 is 0 Å². The maximum Gasteiger partial charge on any atom is 0.242 e. The SMILES string of the molecule is CCNC(=NCc1ccccc1S(=O)(=O)N(C)C)NC1CC=CC1. The van der Waals surface area contributed by atoms with Crippen molar-refractivity contribution in [3.8, 4) is 0 Å². The molecule has 7 heteroatoms. The highest BCUT2D eigenvalue weighted by atomic mass is 32.2. The van der Waals surface area contributed by atoms with Crippen LogP contribution in [0.5, 0.6) is 0 Å². The van der Waals surface area contributed by atoms with E-state index >= 15 is 0 Å². The van der Waals surface area contributed by atoms with E-state index in [-0.39, 0.29) is 0 Å². The summed E-state index contributed by atoms with van der Waals surface area (Å²) >= 11 is 0. The highest BCUT2D eigenvalue weighted by Crippen LogP contribution is 2.19. The maximum atomic E-state index is 12.4. The van der Waals surface area contributed by atoms with Crippen LogP contribution in [0.3, 0.4) is 0 Å². The number of guanidine groups is 1. The Bertz CT molecular complexity index is 703. The molecule has 0 unspecified atom stereocenters. The molecule has 0 saturated carbocycles. The highest BCUT2D eigenvalue weighted by molar-refractivity contribution is 7.89. The number of aliphatic imine (C=N–C) groups is 1. The van der Waals surface area contributed by atoms with Crippen LogP contribution in [0.2, 0.25) is 0 Å². The van der Waals surface area contributed by atoms with E-state index in [4.69, 9.17) is 0 Å². The largest absolute Gasteiger partial charge is 0.357 e. The van der Waals surface area contributed by atoms with E-state index in [0.29, 0.717) is 29.0 Å². The molecule has 132 valence electrons. The predicted molar refractivity (Wildman–Crippen MR) is 97.4 cm³/mol. The Kier molecular flexibility index (Phi) is 6.39. The van der Waals surface area contributed by atoms with Gasteiger partial charge in [0.2, 0.25) is 10.0 Å². The number of benzene rings is 1. The van der Waals surface area contributed by atoms with Crippen molar-refractivity contribution in [1.82, 2.24) is 14.9 Å². The molecule has 2 N–H and O–H groups in total. The van der Waals surface area contributed by atoms with Crippen LogP contribution in [0.15, 0.2) is 46.3 Å². The van der Waals surface area contributed by atoms with Crippen LogP contribution < -0.4 is 10.6 Å². The predicted octanol–water partition coefficient (Wildman–Crippen LogP) is 1.71. The Balaban J connectivity index is 2.19. The average Bonchev–Trinajstić information content (AvgIpc) is 3.06. The number of hydrogen-bond acceptors (Lipinski definition) is 3. The van der Waals surface area contributed by atoms with Gasteiger partial charge in [0, 0.05) is 26.7 Å². The van der Waals surface area contributed by atoms with Crippen molar-refractivity contribution in [3.05, 3.63) is 42.0 Å². The van der Waals surface area contributed by atoms with E-state index in [1.54, 1.807) is 18.2 Å². The Morgan fingerprint density at radius 3 is 2.54 bits per heavy atom. The van der Waals surface area contributed by atoms with Crippen molar-refractivity contribution in [3.63, 3.8) is 0 Å².